The van der Waals surface area contributed by atoms with E-state index in [9.17, 15) is 5.11 Å². The van der Waals surface area contributed by atoms with Crippen molar-refractivity contribution in [2.24, 2.45) is 4.99 Å². The highest BCUT2D eigenvalue weighted by Gasteiger charge is 2.44. The Balaban J connectivity index is 1.25. The van der Waals surface area contributed by atoms with Crippen LogP contribution in [0.15, 0.2) is 71.7 Å². The monoisotopic (exact) mass is 488 g/mol. The first-order valence-corrected chi connectivity index (χ1v) is 12.2. The van der Waals surface area contributed by atoms with Gasteiger partial charge in [-0.25, -0.2) is 0 Å². The molecule has 0 spiro atoms. The molecule has 3 aromatic carbocycles. The molecule has 0 saturated heterocycles. The fourth-order valence-electron chi connectivity index (χ4n) is 5.12. The van der Waals surface area contributed by atoms with Crippen LogP contribution in [0.5, 0.6) is 17.2 Å². The van der Waals surface area contributed by atoms with Crippen LogP contribution >= 0.6 is 0 Å². The molecular formula is C29H32N2O5. The van der Waals surface area contributed by atoms with Crippen LogP contribution < -0.4 is 14.2 Å². The zero-order valence-electron chi connectivity index (χ0n) is 20.9. The van der Waals surface area contributed by atoms with Crippen molar-refractivity contribution in [2.75, 3.05) is 41.0 Å². The van der Waals surface area contributed by atoms with Gasteiger partial charge < -0.3 is 29.0 Å². The molecule has 0 saturated carbocycles. The van der Waals surface area contributed by atoms with Crippen molar-refractivity contribution in [3.8, 4) is 17.2 Å². The minimum Gasteiger partial charge on any atom is -0.493 e. The second kappa shape index (κ2) is 10.2. The van der Waals surface area contributed by atoms with Crippen LogP contribution in [-0.4, -0.2) is 56.9 Å². The van der Waals surface area contributed by atoms with E-state index in [2.05, 4.69) is 17.1 Å². The molecule has 0 bridgehead atoms. The van der Waals surface area contributed by atoms with E-state index in [0.717, 1.165) is 33.8 Å². The fraction of sp³-hybridized carbons (Fsp3) is 0.345. The third-order valence-corrected chi connectivity index (χ3v) is 7.01. The van der Waals surface area contributed by atoms with Gasteiger partial charge in [-0.1, -0.05) is 42.5 Å². The van der Waals surface area contributed by atoms with Crippen molar-refractivity contribution in [3.05, 3.63) is 89.0 Å². The van der Waals surface area contributed by atoms with Crippen LogP contribution in [0.2, 0.25) is 0 Å². The summed E-state index contributed by atoms with van der Waals surface area (Å²) in [5, 5.41) is 11.8. The number of fused-ring (bicyclic) bond motifs is 3. The van der Waals surface area contributed by atoms with E-state index >= 15 is 0 Å². The molecule has 0 aromatic heterocycles. The maximum absolute atomic E-state index is 11.8. The highest BCUT2D eigenvalue weighted by molar-refractivity contribution is 6.02. The summed E-state index contributed by atoms with van der Waals surface area (Å²) in [7, 11) is 4.93. The maximum Gasteiger partial charge on any atom is 0.169 e. The van der Waals surface area contributed by atoms with E-state index in [-0.39, 0.29) is 6.10 Å². The number of ether oxygens (including phenoxy) is 4. The third kappa shape index (κ3) is 4.40. The first kappa shape index (κ1) is 24.2. The lowest BCUT2D eigenvalue weighted by Crippen LogP contribution is -2.53. The largest absolute Gasteiger partial charge is 0.493 e. The first-order valence-electron chi connectivity index (χ1n) is 12.2. The number of benzene rings is 3. The SMILES string of the molecule is COc1ccc(C(CCOc2ccc(C3(O)Cc4ccccc4C4=NCCN43)cc2)OC)cc1OC. The van der Waals surface area contributed by atoms with E-state index in [1.54, 1.807) is 21.3 Å². The molecule has 0 radical (unpaired) electrons. The average molecular weight is 489 g/mol. The second-order valence-corrected chi connectivity index (χ2v) is 9.01. The molecule has 2 atom stereocenters. The van der Waals surface area contributed by atoms with Crippen molar-refractivity contribution in [1.82, 2.24) is 4.90 Å². The molecule has 2 heterocycles. The van der Waals surface area contributed by atoms with Gasteiger partial charge in [0.05, 0.1) is 33.5 Å². The Hall–Kier alpha value is -3.55. The Kier molecular flexibility index (Phi) is 6.85. The van der Waals surface area contributed by atoms with E-state index in [1.165, 1.54) is 0 Å². The smallest absolute Gasteiger partial charge is 0.169 e. The van der Waals surface area contributed by atoms with Crippen LogP contribution in [0.25, 0.3) is 0 Å². The molecular weight excluding hydrogens is 456 g/mol. The highest BCUT2D eigenvalue weighted by atomic mass is 16.5. The molecule has 0 fully saturated rings. The van der Waals surface area contributed by atoms with Gasteiger partial charge in [0.15, 0.2) is 17.2 Å². The van der Waals surface area contributed by atoms with E-state index < -0.39 is 5.72 Å². The molecule has 3 aromatic rings. The summed E-state index contributed by atoms with van der Waals surface area (Å²) in [4.78, 5) is 6.70. The van der Waals surface area contributed by atoms with Gasteiger partial charge in [0.25, 0.3) is 0 Å². The lowest BCUT2D eigenvalue weighted by molar-refractivity contribution is -0.0745. The molecule has 2 aliphatic rings. The van der Waals surface area contributed by atoms with E-state index in [4.69, 9.17) is 18.9 Å². The summed E-state index contributed by atoms with van der Waals surface area (Å²) in [6.07, 6.45) is 1.05. The topological polar surface area (TPSA) is 72.8 Å². The number of hydrogen-bond acceptors (Lipinski definition) is 7. The Labute approximate surface area is 211 Å². The summed E-state index contributed by atoms with van der Waals surface area (Å²) in [6, 6.07) is 21.7. The summed E-state index contributed by atoms with van der Waals surface area (Å²) in [5.74, 6) is 2.97. The number of aliphatic imine (C=N–C) groups is 1. The standard InChI is InChI=1S/C29H32N2O5/c1-33-25(20-8-13-26(34-2)27(18-20)35-3)14-17-36-23-11-9-22(10-12-23)29(32)19-21-6-4-5-7-24(21)28-30-15-16-31(28)29/h4-13,18,25,32H,14-17,19H2,1-3H3. The minimum atomic E-state index is -1.13. The van der Waals surface area contributed by atoms with Crippen molar-refractivity contribution in [2.45, 2.75) is 24.7 Å². The van der Waals surface area contributed by atoms with Gasteiger partial charge in [-0.15, -0.1) is 0 Å². The molecule has 36 heavy (non-hydrogen) atoms. The molecule has 0 aliphatic carbocycles. The van der Waals surface area contributed by atoms with Gasteiger partial charge in [0, 0.05) is 37.6 Å². The van der Waals surface area contributed by atoms with Gasteiger partial charge in [-0.05, 0) is 35.4 Å². The number of methoxy groups -OCH3 is 3. The molecule has 5 rings (SSSR count). The molecule has 2 unspecified atom stereocenters. The van der Waals surface area contributed by atoms with Crippen LogP contribution in [0, 0.1) is 0 Å². The van der Waals surface area contributed by atoms with Crippen LogP contribution in [0.4, 0.5) is 0 Å². The van der Waals surface area contributed by atoms with Gasteiger partial charge in [0.1, 0.15) is 11.6 Å². The van der Waals surface area contributed by atoms with Gasteiger partial charge in [0.2, 0.25) is 0 Å². The number of rotatable bonds is 9. The predicted octanol–water partition coefficient (Wildman–Crippen LogP) is 4.32. The number of hydrogen-bond donors (Lipinski definition) is 1. The minimum absolute atomic E-state index is 0.139. The summed E-state index contributed by atoms with van der Waals surface area (Å²) in [6.45, 7) is 1.87. The van der Waals surface area contributed by atoms with Crippen LogP contribution in [0.3, 0.4) is 0 Å². The van der Waals surface area contributed by atoms with Crippen LogP contribution in [0.1, 0.15) is 34.8 Å². The Bertz CT molecular complexity index is 1240. The number of nitrogens with zero attached hydrogens (tertiary/aromatic N) is 2. The molecule has 7 nitrogen and oxygen atoms in total. The molecule has 0 amide bonds. The summed E-state index contributed by atoms with van der Waals surface area (Å²) in [5.41, 5.74) is 2.92. The zero-order valence-corrected chi connectivity index (χ0v) is 20.9. The molecule has 7 heteroatoms. The van der Waals surface area contributed by atoms with Gasteiger partial charge in [-0.2, -0.15) is 0 Å². The second-order valence-electron chi connectivity index (χ2n) is 9.01. The van der Waals surface area contributed by atoms with Crippen molar-refractivity contribution < 1.29 is 24.1 Å². The Morgan fingerprint density at radius 1 is 0.972 bits per heavy atom. The Morgan fingerprint density at radius 2 is 1.75 bits per heavy atom. The summed E-state index contributed by atoms with van der Waals surface area (Å²) >= 11 is 0. The lowest BCUT2D eigenvalue weighted by Gasteiger charge is -2.43. The molecule has 1 N–H and O–H groups in total. The molecule has 188 valence electrons. The van der Waals surface area contributed by atoms with Gasteiger partial charge >= 0.3 is 0 Å². The van der Waals surface area contributed by atoms with Crippen LogP contribution in [-0.2, 0) is 16.9 Å². The van der Waals surface area contributed by atoms with Crippen molar-refractivity contribution in [3.63, 3.8) is 0 Å². The average Bonchev–Trinajstić information content (AvgIpc) is 3.43. The predicted molar refractivity (Wildman–Crippen MR) is 138 cm³/mol. The third-order valence-electron chi connectivity index (χ3n) is 7.01. The normalized spacial score (nSPS) is 19.2. The zero-order chi connectivity index (χ0) is 25.1. The van der Waals surface area contributed by atoms with E-state index in [0.29, 0.717) is 44.0 Å². The van der Waals surface area contributed by atoms with Gasteiger partial charge in [-0.3, -0.25) is 4.99 Å². The fourth-order valence-corrected chi connectivity index (χ4v) is 5.12. The number of aliphatic hydroxyl groups is 1. The summed E-state index contributed by atoms with van der Waals surface area (Å²) < 4.78 is 22.5. The number of amidine groups is 1. The molecule has 2 aliphatic heterocycles. The van der Waals surface area contributed by atoms with Crippen molar-refractivity contribution in [1.29, 1.82) is 0 Å². The lowest BCUT2D eigenvalue weighted by atomic mass is 9.86. The first-order chi connectivity index (χ1) is 17.6. The maximum atomic E-state index is 11.8. The highest BCUT2D eigenvalue weighted by Crippen LogP contribution is 2.39. The quantitative estimate of drug-likeness (QED) is 0.484. The Morgan fingerprint density at radius 3 is 2.50 bits per heavy atom. The van der Waals surface area contributed by atoms with Crippen molar-refractivity contribution >= 4 is 5.84 Å². The van der Waals surface area contributed by atoms with E-state index in [1.807, 2.05) is 59.5 Å².